The monoisotopic (exact) mass is 308 g/mol. The highest BCUT2D eigenvalue weighted by atomic mass is 32.2. The fourth-order valence-electron chi connectivity index (χ4n) is 1.80. The summed E-state index contributed by atoms with van der Waals surface area (Å²) < 4.78 is 1.82. The number of hydrogen-bond acceptors (Lipinski definition) is 5. The second kappa shape index (κ2) is 6.13. The Morgan fingerprint density at radius 1 is 1.52 bits per heavy atom. The first kappa shape index (κ1) is 15.3. The predicted octanol–water partition coefficient (Wildman–Crippen LogP) is 1.85. The Morgan fingerprint density at radius 3 is 2.81 bits per heavy atom. The van der Waals surface area contributed by atoms with Crippen molar-refractivity contribution in [2.24, 2.45) is 0 Å². The summed E-state index contributed by atoms with van der Waals surface area (Å²) in [5.74, 6) is -0.651. The van der Waals surface area contributed by atoms with Gasteiger partial charge in [-0.2, -0.15) is 10.1 Å². The molecule has 0 aromatic carbocycles. The normalized spacial score (nSPS) is 11.0. The van der Waals surface area contributed by atoms with Crippen molar-refractivity contribution in [3.63, 3.8) is 0 Å². The lowest BCUT2D eigenvalue weighted by atomic mass is 10.2. The van der Waals surface area contributed by atoms with Gasteiger partial charge < -0.3 is 10.1 Å². The highest BCUT2D eigenvalue weighted by Gasteiger charge is 2.17. The Labute approximate surface area is 125 Å². The van der Waals surface area contributed by atoms with Crippen LogP contribution in [0.25, 0.3) is 0 Å². The van der Waals surface area contributed by atoms with Crippen molar-refractivity contribution in [3.05, 3.63) is 39.7 Å². The molecule has 0 fully saturated rings. The molecule has 21 heavy (non-hydrogen) atoms. The minimum Gasteiger partial charge on any atom is -0.478 e. The van der Waals surface area contributed by atoms with Crippen molar-refractivity contribution in [2.75, 3.05) is 0 Å². The molecule has 0 aliphatic rings. The van der Waals surface area contributed by atoms with Crippen LogP contribution >= 0.6 is 11.8 Å². The average molecular weight is 308 g/mol. The van der Waals surface area contributed by atoms with E-state index in [1.807, 2.05) is 30.8 Å². The quantitative estimate of drug-likeness (QED) is 0.645. The van der Waals surface area contributed by atoms with E-state index in [-0.39, 0.29) is 16.6 Å². The molecule has 2 heterocycles. The molecule has 0 aliphatic carbocycles. The largest absolute Gasteiger partial charge is 0.478 e. The van der Waals surface area contributed by atoms with E-state index in [2.05, 4.69) is 15.1 Å². The second-order valence-electron chi connectivity index (χ2n) is 4.82. The molecular weight excluding hydrogens is 292 g/mol. The molecule has 0 atom stereocenters. The van der Waals surface area contributed by atoms with Crippen LogP contribution in [0.1, 0.15) is 41.6 Å². The number of hydrogen-bond donors (Lipinski definition) is 2. The van der Waals surface area contributed by atoms with E-state index in [1.54, 1.807) is 6.92 Å². The maximum absolute atomic E-state index is 11.4. The van der Waals surface area contributed by atoms with Crippen molar-refractivity contribution in [1.29, 1.82) is 0 Å². The summed E-state index contributed by atoms with van der Waals surface area (Å²) in [7, 11) is 0. The summed E-state index contributed by atoms with van der Waals surface area (Å²) in [6.45, 7) is 5.59. The highest BCUT2D eigenvalue weighted by Crippen LogP contribution is 2.24. The molecule has 112 valence electrons. The molecule has 2 rings (SSSR count). The van der Waals surface area contributed by atoms with E-state index in [0.717, 1.165) is 5.69 Å². The summed E-state index contributed by atoms with van der Waals surface area (Å²) in [6, 6.07) is 2.13. The van der Waals surface area contributed by atoms with Gasteiger partial charge in [0.05, 0.1) is 5.69 Å². The van der Waals surface area contributed by atoms with E-state index in [0.29, 0.717) is 11.4 Å². The molecule has 7 nitrogen and oxygen atoms in total. The van der Waals surface area contributed by atoms with Crippen molar-refractivity contribution in [3.8, 4) is 0 Å². The molecule has 0 amide bonds. The van der Waals surface area contributed by atoms with E-state index >= 15 is 0 Å². The highest BCUT2D eigenvalue weighted by molar-refractivity contribution is 7.98. The Morgan fingerprint density at radius 2 is 2.24 bits per heavy atom. The number of H-pyrrole nitrogens is 1. The summed E-state index contributed by atoms with van der Waals surface area (Å²) in [6.07, 6.45) is 1.87. The molecule has 0 radical (unpaired) electrons. The van der Waals surface area contributed by atoms with Crippen molar-refractivity contribution in [1.82, 2.24) is 19.7 Å². The predicted molar refractivity (Wildman–Crippen MR) is 78.7 cm³/mol. The molecule has 0 saturated carbocycles. The molecular formula is C13H16N4O3S. The maximum atomic E-state index is 11.4. The van der Waals surface area contributed by atoms with Crippen molar-refractivity contribution in [2.45, 2.75) is 37.6 Å². The molecule has 2 aromatic rings. The van der Waals surface area contributed by atoms with Gasteiger partial charge >= 0.3 is 11.7 Å². The molecule has 0 unspecified atom stereocenters. The van der Waals surface area contributed by atoms with Crippen LogP contribution in [-0.2, 0) is 5.75 Å². The Hall–Kier alpha value is -2.09. The van der Waals surface area contributed by atoms with E-state index in [1.165, 1.54) is 11.8 Å². The Balaban J connectivity index is 2.23. The number of aromatic nitrogens is 4. The third-order valence-corrected chi connectivity index (χ3v) is 3.86. The van der Waals surface area contributed by atoms with Gasteiger partial charge in [0.15, 0.2) is 0 Å². The summed E-state index contributed by atoms with van der Waals surface area (Å²) in [5.41, 5.74) is 0.595. The zero-order valence-corrected chi connectivity index (χ0v) is 12.8. The third-order valence-electron chi connectivity index (χ3n) is 2.85. The molecule has 8 heteroatoms. The Kier molecular flexibility index (Phi) is 4.46. The van der Waals surface area contributed by atoms with Gasteiger partial charge in [-0.3, -0.25) is 4.68 Å². The second-order valence-corrected chi connectivity index (χ2v) is 5.79. The lowest BCUT2D eigenvalue weighted by molar-refractivity contribution is 0.0690. The SMILES string of the molecule is Cc1[nH]c(=O)nc(SCc2ccn(C(C)C)n2)c1C(=O)O. The Bertz CT molecular complexity index is 720. The fourth-order valence-corrected chi connectivity index (χ4v) is 2.77. The van der Waals surface area contributed by atoms with E-state index < -0.39 is 11.7 Å². The number of aryl methyl sites for hydroxylation is 1. The number of carboxylic acids is 1. The topological polar surface area (TPSA) is 101 Å². The van der Waals surface area contributed by atoms with Crippen LogP contribution in [0.15, 0.2) is 22.1 Å². The van der Waals surface area contributed by atoms with Crippen LogP contribution in [0.4, 0.5) is 0 Å². The van der Waals surface area contributed by atoms with Crippen molar-refractivity contribution >= 4 is 17.7 Å². The number of aromatic amines is 1. The van der Waals surface area contributed by atoms with Gasteiger partial charge in [0.1, 0.15) is 10.6 Å². The fraction of sp³-hybridized carbons (Fsp3) is 0.385. The number of aromatic carboxylic acids is 1. The molecule has 0 spiro atoms. The molecule has 0 saturated heterocycles. The first-order valence-electron chi connectivity index (χ1n) is 6.39. The van der Waals surface area contributed by atoms with Crippen LogP contribution in [-0.4, -0.2) is 30.8 Å². The first-order valence-corrected chi connectivity index (χ1v) is 7.38. The van der Waals surface area contributed by atoms with Crippen LogP contribution in [0.3, 0.4) is 0 Å². The smallest absolute Gasteiger partial charge is 0.346 e. The van der Waals surface area contributed by atoms with E-state index in [4.69, 9.17) is 0 Å². The van der Waals surface area contributed by atoms with Gasteiger partial charge in [0.25, 0.3) is 0 Å². The number of carbonyl (C=O) groups is 1. The minimum atomic E-state index is -1.11. The zero-order valence-electron chi connectivity index (χ0n) is 12.0. The first-order chi connectivity index (χ1) is 9.88. The standard InChI is InChI=1S/C13H16N4O3S/c1-7(2)17-5-4-9(16-17)6-21-11-10(12(18)19)8(3)14-13(20)15-11/h4-5,7H,6H2,1-3H3,(H,18,19)(H,14,15,20). The summed E-state index contributed by atoms with van der Waals surface area (Å²) in [5, 5.41) is 13.8. The number of rotatable bonds is 5. The van der Waals surface area contributed by atoms with Crippen LogP contribution in [0.5, 0.6) is 0 Å². The molecule has 0 bridgehead atoms. The summed E-state index contributed by atoms with van der Waals surface area (Å²) in [4.78, 5) is 28.8. The van der Waals surface area contributed by atoms with Gasteiger partial charge in [-0.05, 0) is 26.8 Å². The van der Waals surface area contributed by atoms with Gasteiger partial charge in [0, 0.05) is 23.7 Å². The third kappa shape index (κ3) is 3.52. The number of nitrogens with zero attached hydrogens (tertiary/aromatic N) is 3. The number of carboxylic acid groups (broad SMARTS) is 1. The van der Waals surface area contributed by atoms with E-state index in [9.17, 15) is 14.7 Å². The molecule has 0 aliphatic heterocycles. The zero-order chi connectivity index (χ0) is 15.6. The summed E-state index contributed by atoms with van der Waals surface area (Å²) >= 11 is 1.19. The lowest BCUT2D eigenvalue weighted by Crippen LogP contribution is -2.18. The lowest BCUT2D eigenvalue weighted by Gasteiger charge is -2.06. The van der Waals surface area contributed by atoms with Crippen molar-refractivity contribution < 1.29 is 9.90 Å². The average Bonchev–Trinajstić information content (AvgIpc) is 2.83. The molecule has 2 N–H and O–H groups in total. The maximum Gasteiger partial charge on any atom is 0.346 e. The van der Waals surface area contributed by atoms with Gasteiger partial charge in [-0.1, -0.05) is 11.8 Å². The minimum absolute atomic E-state index is 0.0305. The van der Waals surface area contributed by atoms with Gasteiger partial charge in [-0.25, -0.2) is 9.59 Å². The van der Waals surface area contributed by atoms with Crippen LogP contribution in [0.2, 0.25) is 0 Å². The van der Waals surface area contributed by atoms with Gasteiger partial charge in [-0.15, -0.1) is 0 Å². The number of nitrogens with one attached hydrogen (secondary N) is 1. The van der Waals surface area contributed by atoms with Crippen LogP contribution < -0.4 is 5.69 Å². The van der Waals surface area contributed by atoms with Crippen LogP contribution in [0, 0.1) is 6.92 Å². The number of thioether (sulfide) groups is 1. The van der Waals surface area contributed by atoms with Gasteiger partial charge in [0.2, 0.25) is 0 Å². The molecule has 2 aromatic heterocycles.